The van der Waals surface area contributed by atoms with Crippen LogP contribution < -0.4 is 4.74 Å². The highest BCUT2D eigenvalue weighted by Crippen LogP contribution is 2.24. The summed E-state index contributed by atoms with van der Waals surface area (Å²) in [4.78, 5) is 0. The quantitative estimate of drug-likeness (QED) is 0.927. The van der Waals surface area contributed by atoms with Crippen LogP contribution >= 0.6 is 15.9 Å². The van der Waals surface area contributed by atoms with Crippen molar-refractivity contribution in [2.45, 2.75) is 6.61 Å². The maximum Gasteiger partial charge on any atom is 0.128 e. The van der Waals surface area contributed by atoms with Crippen molar-refractivity contribution in [1.82, 2.24) is 0 Å². The van der Waals surface area contributed by atoms with Gasteiger partial charge in [-0.1, -0.05) is 34.1 Å². The van der Waals surface area contributed by atoms with E-state index in [0.29, 0.717) is 0 Å². The molecule has 0 aliphatic rings. The molecule has 0 atom stereocenters. The Bertz CT molecular complexity index is 466. The second kappa shape index (κ2) is 5.14. The van der Waals surface area contributed by atoms with Crippen LogP contribution in [-0.2, 0) is 6.61 Å². The van der Waals surface area contributed by atoms with Crippen LogP contribution in [0.2, 0.25) is 0 Å². The van der Waals surface area contributed by atoms with Crippen LogP contribution in [0.3, 0.4) is 0 Å². The van der Waals surface area contributed by atoms with Gasteiger partial charge >= 0.3 is 0 Å². The Morgan fingerprint density at radius 2 is 1.75 bits per heavy atom. The molecule has 0 bridgehead atoms. The summed E-state index contributed by atoms with van der Waals surface area (Å²) in [6.07, 6.45) is 0. The van der Waals surface area contributed by atoms with E-state index in [0.717, 1.165) is 21.5 Å². The summed E-state index contributed by atoms with van der Waals surface area (Å²) in [7, 11) is 0. The van der Waals surface area contributed by atoms with Crippen molar-refractivity contribution >= 4 is 15.9 Å². The van der Waals surface area contributed by atoms with E-state index < -0.39 is 0 Å². The van der Waals surface area contributed by atoms with E-state index in [-0.39, 0.29) is 6.61 Å². The lowest BCUT2D eigenvalue weighted by atomic mass is 10.2. The van der Waals surface area contributed by atoms with Crippen LogP contribution in [0.5, 0.6) is 11.5 Å². The number of rotatable bonds is 3. The van der Waals surface area contributed by atoms with Crippen LogP contribution in [0.25, 0.3) is 0 Å². The van der Waals surface area contributed by atoms with Crippen LogP contribution in [0.15, 0.2) is 53.0 Å². The molecular formula is C13H11BrO2. The Balaban J connectivity index is 2.14. The molecule has 2 nitrogen and oxygen atoms in total. The predicted octanol–water partition coefficient (Wildman–Crippen LogP) is 3.73. The van der Waals surface area contributed by atoms with Crippen molar-refractivity contribution < 1.29 is 9.84 Å². The van der Waals surface area contributed by atoms with Gasteiger partial charge in [-0.15, -0.1) is 0 Å². The van der Waals surface area contributed by atoms with Crippen LogP contribution in [-0.4, -0.2) is 5.11 Å². The summed E-state index contributed by atoms with van der Waals surface area (Å²) in [6.45, 7) is 0.0527. The molecule has 0 aliphatic carbocycles. The lowest BCUT2D eigenvalue weighted by Gasteiger charge is -2.06. The van der Waals surface area contributed by atoms with Gasteiger partial charge in [-0.2, -0.15) is 0 Å². The summed E-state index contributed by atoms with van der Waals surface area (Å²) < 4.78 is 6.63. The second-order valence-corrected chi connectivity index (χ2v) is 4.28. The first-order chi connectivity index (χ1) is 7.78. The first kappa shape index (κ1) is 11.2. The maximum absolute atomic E-state index is 8.91. The van der Waals surface area contributed by atoms with E-state index in [1.165, 1.54) is 0 Å². The van der Waals surface area contributed by atoms with Gasteiger partial charge in [-0.25, -0.2) is 0 Å². The van der Waals surface area contributed by atoms with E-state index in [1.54, 1.807) is 0 Å². The Kier molecular flexibility index (Phi) is 3.59. The smallest absolute Gasteiger partial charge is 0.128 e. The molecule has 3 heteroatoms. The van der Waals surface area contributed by atoms with Crippen molar-refractivity contribution in [2.24, 2.45) is 0 Å². The van der Waals surface area contributed by atoms with Crippen LogP contribution in [0.1, 0.15) is 5.56 Å². The summed E-state index contributed by atoms with van der Waals surface area (Å²) in [5.41, 5.74) is 0.876. The topological polar surface area (TPSA) is 29.5 Å². The molecule has 0 spiro atoms. The van der Waals surface area contributed by atoms with E-state index in [4.69, 9.17) is 9.84 Å². The number of hydrogen-bond acceptors (Lipinski definition) is 2. The summed E-state index contributed by atoms with van der Waals surface area (Å²) >= 11 is 3.39. The minimum atomic E-state index is 0.0527. The molecule has 0 unspecified atom stereocenters. The fraction of sp³-hybridized carbons (Fsp3) is 0.0769. The second-order valence-electron chi connectivity index (χ2n) is 3.36. The summed E-state index contributed by atoms with van der Waals surface area (Å²) in [5, 5.41) is 8.91. The minimum absolute atomic E-state index is 0.0527. The van der Waals surface area contributed by atoms with Gasteiger partial charge in [-0.3, -0.25) is 0 Å². The number of ether oxygens (including phenoxy) is 1. The molecule has 82 valence electrons. The molecule has 2 aromatic rings. The van der Waals surface area contributed by atoms with Crippen LogP contribution in [0, 0.1) is 0 Å². The zero-order valence-corrected chi connectivity index (χ0v) is 10.1. The summed E-state index contributed by atoms with van der Waals surface area (Å²) in [5.74, 6) is 1.54. The average Bonchev–Trinajstić information content (AvgIpc) is 2.30. The van der Waals surface area contributed by atoms with E-state index >= 15 is 0 Å². The van der Waals surface area contributed by atoms with Gasteiger partial charge < -0.3 is 9.84 Å². The molecule has 0 saturated heterocycles. The number of benzene rings is 2. The normalized spacial score (nSPS) is 10.1. The highest BCUT2D eigenvalue weighted by atomic mass is 79.9. The standard InChI is InChI=1S/C13H11BrO2/c14-11-2-1-3-13(8-11)16-12-6-4-10(9-15)5-7-12/h1-8,15H,9H2. The Labute approximate surface area is 103 Å². The fourth-order valence-electron chi connectivity index (χ4n) is 1.33. The molecule has 16 heavy (non-hydrogen) atoms. The molecule has 0 radical (unpaired) electrons. The number of aliphatic hydroxyl groups excluding tert-OH is 1. The highest BCUT2D eigenvalue weighted by Gasteiger charge is 1.98. The zero-order valence-electron chi connectivity index (χ0n) is 8.56. The Morgan fingerprint density at radius 1 is 1.00 bits per heavy atom. The SMILES string of the molecule is OCc1ccc(Oc2cccc(Br)c2)cc1. The average molecular weight is 279 g/mol. The number of aliphatic hydroxyl groups is 1. The molecule has 0 amide bonds. The van der Waals surface area contributed by atoms with Crippen molar-refractivity contribution in [3.05, 3.63) is 58.6 Å². The van der Waals surface area contributed by atoms with Gasteiger partial charge in [0.2, 0.25) is 0 Å². The lowest BCUT2D eigenvalue weighted by Crippen LogP contribution is -1.86. The zero-order chi connectivity index (χ0) is 11.4. The van der Waals surface area contributed by atoms with Gasteiger partial charge in [0.1, 0.15) is 11.5 Å². The van der Waals surface area contributed by atoms with Crippen LogP contribution in [0.4, 0.5) is 0 Å². The third-order valence-electron chi connectivity index (χ3n) is 2.14. The first-order valence-electron chi connectivity index (χ1n) is 4.91. The minimum Gasteiger partial charge on any atom is -0.457 e. The largest absolute Gasteiger partial charge is 0.457 e. The van der Waals surface area contributed by atoms with Crippen molar-refractivity contribution in [3.8, 4) is 11.5 Å². The van der Waals surface area contributed by atoms with Crippen molar-refractivity contribution in [1.29, 1.82) is 0 Å². The first-order valence-corrected chi connectivity index (χ1v) is 5.70. The lowest BCUT2D eigenvalue weighted by molar-refractivity contribution is 0.281. The van der Waals surface area contributed by atoms with E-state index in [2.05, 4.69) is 15.9 Å². The molecule has 1 N–H and O–H groups in total. The number of hydrogen-bond donors (Lipinski definition) is 1. The van der Waals surface area contributed by atoms with Crippen molar-refractivity contribution in [2.75, 3.05) is 0 Å². The van der Waals surface area contributed by atoms with Gasteiger partial charge in [-0.05, 0) is 35.9 Å². The van der Waals surface area contributed by atoms with Gasteiger partial charge in [0.15, 0.2) is 0 Å². The van der Waals surface area contributed by atoms with E-state index in [1.807, 2.05) is 48.5 Å². The molecule has 0 aliphatic heterocycles. The van der Waals surface area contributed by atoms with Gasteiger partial charge in [0.05, 0.1) is 6.61 Å². The Morgan fingerprint density at radius 3 is 2.38 bits per heavy atom. The molecule has 0 heterocycles. The monoisotopic (exact) mass is 278 g/mol. The van der Waals surface area contributed by atoms with E-state index in [9.17, 15) is 0 Å². The Hall–Kier alpha value is -1.32. The molecule has 0 aromatic heterocycles. The maximum atomic E-state index is 8.91. The summed E-state index contributed by atoms with van der Waals surface area (Å²) in [6, 6.07) is 15.0. The predicted molar refractivity (Wildman–Crippen MR) is 66.6 cm³/mol. The molecular weight excluding hydrogens is 268 g/mol. The molecule has 0 fully saturated rings. The third kappa shape index (κ3) is 2.84. The fourth-order valence-corrected chi connectivity index (χ4v) is 1.71. The molecule has 2 rings (SSSR count). The number of halogens is 1. The highest BCUT2D eigenvalue weighted by molar-refractivity contribution is 9.10. The molecule has 2 aromatic carbocycles. The molecule has 0 saturated carbocycles. The third-order valence-corrected chi connectivity index (χ3v) is 2.63. The van der Waals surface area contributed by atoms with Gasteiger partial charge in [0.25, 0.3) is 0 Å². The van der Waals surface area contributed by atoms with Crippen molar-refractivity contribution in [3.63, 3.8) is 0 Å². The van der Waals surface area contributed by atoms with Gasteiger partial charge in [0, 0.05) is 4.47 Å².